The maximum Gasteiger partial charge on any atom is -0.0241 e. The van der Waals surface area contributed by atoms with Crippen molar-refractivity contribution in [3.63, 3.8) is 0 Å². The molecule has 3 aliphatic rings. The van der Waals surface area contributed by atoms with Gasteiger partial charge >= 0.3 is 0 Å². The Kier molecular flexibility index (Phi) is 23.7. The first-order valence-corrected chi connectivity index (χ1v) is 15.3. The first-order valence-electron chi connectivity index (χ1n) is 15.3. The second-order valence-electron chi connectivity index (χ2n) is 10.5. The third-order valence-electron chi connectivity index (χ3n) is 6.61. The summed E-state index contributed by atoms with van der Waals surface area (Å²) in [5.74, 6) is 3.07. The van der Waals surface area contributed by atoms with Gasteiger partial charge < -0.3 is 0 Å². The van der Waals surface area contributed by atoms with E-state index < -0.39 is 0 Å². The highest BCUT2D eigenvalue weighted by Crippen LogP contribution is 2.52. The average Bonchev–Trinajstić information content (AvgIpc) is 2.87. The Hall–Kier alpha value is -1.30. The third-order valence-corrected chi connectivity index (χ3v) is 6.61. The molecule has 2 fully saturated rings. The predicted octanol–water partition coefficient (Wildman–Crippen LogP) is 12.2. The van der Waals surface area contributed by atoms with E-state index in [0.29, 0.717) is 0 Å². The Labute approximate surface area is 223 Å². The first kappa shape index (κ1) is 35.9. The summed E-state index contributed by atoms with van der Waals surface area (Å²) < 4.78 is 0. The molecule has 0 N–H and O–H groups in total. The molecular weight excluding hydrogens is 420 g/mol. The minimum Gasteiger partial charge on any atom is -0.0842 e. The lowest BCUT2D eigenvalue weighted by Gasteiger charge is -2.48. The Morgan fingerprint density at radius 1 is 0.771 bits per heavy atom. The number of allylic oxidation sites excluding steroid dienone is 4. The van der Waals surface area contributed by atoms with Crippen LogP contribution in [0, 0.1) is 23.2 Å². The molecule has 3 aliphatic carbocycles. The molecule has 2 bridgehead atoms. The Balaban J connectivity index is 0. The van der Waals surface area contributed by atoms with Crippen LogP contribution in [0.3, 0.4) is 0 Å². The van der Waals surface area contributed by atoms with E-state index in [4.69, 9.17) is 0 Å². The molecule has 0 radical (unpaired) electrons. The fourth-order valence-electron chi connectivity index (χ4n) is 6.01. The molecule has 0 spiro atoms. The molecule has 0 aromatic heterocycles. The van der Waals surface area contributed by atoms with E-state index in [1.165, 1.54) is 69.8 Å². The van der Waals surface area contributed by atoms with Crippen molar-refractivity contribution in [2.24, 2.45) is 23.2 Å². The maximum atomic E-state index is 2.52. The summed E-state index contributed by atoms with van der Waals surface area (Å²) >= 11 is 0. The molecular formula is C35H64. The van der Waals surface area contributed by atoms with Gasteiger partial charge in [0.2, 0.25) is 0 Å². The fourth-order valence-corrected chi connectivity index (χ4v) is 6.01. The highest BCUT2D eigenvalue weighted by atomic mass is 14.5. The van der Waals surface area contributed by atoms with Gasteiger partial charge in [-0.2, -0.15) is 0 Å². The van der Waals surface area contributed by atoms with Gasteiger partial charge in [-0.3, -0.25) is 0 Å². The van der Waals surface area contributed by atoms with E-state index in [0.717, 1.165) is 23.2 Å². The maximum absolute atomic E-state index is 2.52. The summed E-state index contributed by atoms with van der Waals surface area (Å²) in [6, 6.07) is 10.7. The van der Waals surface area contributed by atoms with Crippen molar-refractivity contribution in [3.05, 3.63) is 59.7 Å². The summed E-state index contributed by atoms with van der Waals surface area (Å²) in [5.41, 5.74) is 3.76. The van der Waals surface area contributed by atoms with Crippen LogP contribution >= 0.6 is 0 Å². The number of aryl methyl sites for hydroxylation is 1. The molecule has 0 heteroatoms. The van der Waals surface area contributed by atoms with Gasteiger partial charge in [0, 0.05) is 0 Å². The van der Waals surface area contributed by atoms with Gasteiger partial charge in [-0.25, -0.2) is 0 Å². The van der Waals surface area contributed by atoms with Gasteiger partial charge in [0.15, 0.2) is 0 Å². The molecule has 204 valence electrons. The lowest BCUT2D eigenvalue weighted by molar-refractivity contribution is 0.0331. The highest BCUT2D eigenvalue weighted by molar-refractivity contribution is 5.21. The van der Waals surface area contributed by atoms with Crippen molar-refractivity contribution in [1.29, 1.82) is 0 Å². The predicted molar refractivity (Wildman–Crippen MR) is 164 cm³/mol. The normalized spacial score (nSPS) is 25.6. The molecule has 0 aliphatic heterocycles. The van der Waals surface area contributed by atoms with Crippen LogP contribution in [0.5, 0.6) is 0 Å². The monoisotopic (exact) mass is 485 g/mol. The first-order chi connectivity index (χ1) is 16.9. The Morgan fingerprint density at radius 2 is 1.29 bits per heavy atom. The molecule has 1 aromatic carbocycles. The lowest BCUT2D eigenvalue weighted by Crippen LogP contribution is -2.36. The molecule has 0 amide bonds. The van der Waals surface area contributed by atoms with Crippen LogP contribution < -0.4 is 0 Å². The van der Waals surface area contributed by atoms with Crippen LogP contribution in [0.15, 0.2) is 54.1 Å². The van der Waals surface area contributed by atoms with E-state index in [1.807, 2.05) is 41.5 Å². The van der Waals surface area contributed by atoms with Gasteiger partial charge in [0.05, 0.1) is 0 Å². The van der Waals surface area contributed by atoms with E-state index in [1.54, 1.807) is 5.57 Å². The summed E-state index contributed by atoms with van der Waals surface area (Å²) in [7, 11) is 0. The van der Waals surface area contributed by atoms with Gasteiger partial charge in [-0.05, 0) is 86.5 Å². The van der Waals surface area contributed by atoms with Crippen molar-refractivity contribution in [2.75, 3.05) is 0 Å². The molecule has 0 nitrogen and oxygen atoms in total. The van der Waals surface area contributed by atoms with Crippen LogP contribution in [0.1, 0.15) is 140 Å². The second kappa shape index (κ2) is 23.1. The van der Waals surface area contributed by atoms with Crippen molar-refractivity contribution >= 4 is 0 Å². The van der Waals surface area contributed by atoms with Gasteiger partial charge in [-0.1, -0.05) is 137 Å². The average molecular weight is 485 g/mol. The summed E-state index contributed by atoms with van der Waals surface area (Å²) in [6.07, 6.45) is 20.4. The van der Waals surface area contributed by atoms with Crippen LogP contribution in [0.25, 0.3) is 0 Å². The number of hydrogen-bond donors (Lipinski definition) is 0. The smallest absolute Gasteiger partial charge is 0.0241 e. The molecule has 0 heterocycles. The highest BCUT2D eigenvalue weighted by Gasteiger charge is 2.40. The molecule has 4 rings (SSSR count). The number of fused-ring (bicyclic) bond motifs is 2. The Bertz CT molecular complexity index is 601. The zero-order valence-electron chi connectivity index (χ0n) is 25.9. The summed E-state index contributed by atoms with van der Waals surface area (Å²) in [5, 5.41) is 0. The molecule has 2 atom stereocenters. The van der Waals surface area contributed by atoms with Crippen molar-refractivity contribution in [2.45, 2.75) is 140 Å². The van der Waals surface area contributed by atoms with Crippen molar-refractivity contribution in [3.8, 4) is 0 Å². The third kappa shape index (κ3) is 16.9. The number of rotatable bonds is 3. The van der Waals surface area contributed by atoms with Crippen LogP contribution in [-0.4, -0.2) is 0 Å². The standard InChI is InChI=1S/C14H16.C12H22.C3H8.3C2H6/c1-3-7-13(8-4-1)11-12-14-9-5-2-6-10-14;1-9-4-11-5-10(2)7-12(3,6-9)8-11;1-3-2;3*1-2/h1-5,7-9H,6,10-12H2;9-11H,4-8H2,1-3H3;3H2,1-2H3;3*1-2H3. The largest absolute Gasteiger partial charge is 0.0842 e. The minimum absolute atomic E-state index is 0.722. The van der Waals surface area contributed by atoms with Gasteiger partial charge in [0.1, 0.15) is 0 Å². The molecule has 1 aromatic rings. The zero-order valence-corrected chi connectivity index (χ0v) is 25.9. The molecule has 0 saturated heterocycles. The topological polar surface area (TPSA) is 0 Å². The van der Waals surface area contributed by atoms with Crippen molar-refractivity contribution < 1.29 is 0 Å². The molecule has 35 heavy (non-hydrogen) atoms. The van der Waals surface area contributed by atoms with Crippen LogP contribution in [0.4, 0.5) is 0 Å². The van der Waals surface area contributed by atoms with E-state index in [-0.39, 0.29) is 0 Å². The summed E-state index contributed by atoms with van der Waals surface area (Å²) in [4.78, 5) is 0. The quantitative estimate of drug-likeness (QED) is 0.400. The van der Waals surface area contributed by atoms with E-state index >= 15 is 0 Å². The van der Waals surface area contributed by atoms with E-state index in [2.05, 4.69) is 83.2 Å². The number of benzene rings is 1. The Morgan fingerprint density at radius 3 is 1.71 bits per heavy atom. The molecule has 2 unspecified atom stereocenters. The molecule has 2 saturated carbocycles. The minimum atomic E-state index is 0.722. The SMILES string of the molecule is C1=CCCC(CCc2ccccc2)=C1.CC.CC.CC.CC1CC2CC(C)CC(C)(C1)C2.CCC. The van der Waals surface area contributed by atoms with Crippen molar-refractivity contribution in [1.82, 2.24) is 0 Å². The fraction of sp³-hybridized carbons (Fsp3) is 0.714. The van der Waals surface area contributed by atoms with E-state index in [9.17, 15) is 0 Å². The number of hydrogen-bond acceptors (Lipinski definition) is 0. The zero-order chi connectivity index (χ0) is 27.1. The lowest BCUT2D eigenvalue weighted by atomic mass is 9.58. The van der Waals surface area contributed by atoms with Gasteiger partial charge in [-0.15, -0.1) is 0 Å². The summed E-state index contributed by atoms with van der Waals surface area (Å²) in [6.45, 7) is 23.7. The van der Waals surface area contributed by atoms with Crippen LogP contribution in [0.2, 0.25) is 0 Å². The van der Waals surface area contributed by atoms with Gasteiger partial charge in [0.25, 0.3) is 0 Å². The second-order valence-corrected chi connectivity index (χ2v) is 10.5. The van der Waals surface area contributed by atoms with Crippen LogP contribution in [-0.2, 0) is 6.42 Å².